The molecule has 1 heterocycles. The van der Waals surface area contributed by atoms with Crippen molar-refractivity contribution in [3.63, 3.8) is 0 Å². The van der Waals surface area contributed by atoms with Crippen molar-refractivity contribution >= 4 is 19.0 Å². The highest BCUT2D eigenvalue weighted by Crippen LogP contribution is 2.69. The molecule has 5 aromatic rings. The van der Waals surface area contributed by atoms with Crippen LogP contribution in [0.1, 0.15) is 90.7 Å². The van der Waals surface area contributed by atoms with Crippen molar-refractivity contribution in [3.8, 4) is 56.8 Å². The summed E-state index contributed by atoms with van der Waals surface area (Å²) in [4.78, 5) is 14.2. The summed E-state index contributed by atoms with van der Waals surface area (Å²) in [5.74, 6) is 4.62. The van der Waals surface area contributed by atoms with Crippen molar-refractivity contribution < 1.29 is 33.2 Å². The Bertz CT molecular complexity index is 1950. The molecule has 7 nitrogen and oxygen atoms in total. The first-order valence-corrected chi connectivity index (χ1v) is 21.5. The Labute approximate surface area is 340 Å². The lowest BCUT2D eigenvalue weighted by atomic mass is 9.96. The molecule has 0 amide bonds. The van der Waals surface area contributed by atoms with Gasteiger partial charge in [0.25, 0.3) is 0 Å². The average molecular weight is 789 g/mol. The minimum atomic E-state index is -1.28. The Morgan fingerprint density at radius 1 is 0.491 bits per heavy atom. The number of ether oxygens (including phenoxy) is 6. The van der Waals surface area contributed by atoms with Gasteiger partial charge in [-0.1, -0.05) is 62.5 Å². The highest BCUT2D eigenvalue weighted by atomic mass is 31.1. The van der Waals surface area contributed by atoms with Crippen molar-refractivity contribution in [1.29, 1.82) is 0 Å². The van der Waals surface area contributed by atoms with E-state index >= 15 is 0 Å². The fourth-order valence-corrected chi connectivity index (χ4v) is 11.4. The lowest BCUT2D eigenvalue weighted by molar-refractivity contribution is -0.119. The van der Waals surface area contributed by atoms with Gasteiger partial charge in [-0.15, -0.1) is 0 Å². The molecule has 0 aliphatic carbocycles. The molecule has 2 unspecified atom stereocenters. The maximum Gasteiger partial charge on any atom is 0.134 e. The number of rotatable bonds is 15. The van der Waals surface area contributed by atoms with Crippen LogP contribution in [0.5, 0.6) is 34.5 Å². The van der Waals surface area contributed by atoms with E-state index in [4.69, 9.17) is 28.4 Å². The highest BCUT2D eigenvalue weighted by molar-refractivity contribution is 7.67. The number of carbonyl (C=O) groups excluding carboxylic acids is 1. The Morgan fingerprint density at radius 3 is 1.16 bits per heavy atom. The number of hydrogen-bond acceptors (Lipinski definition) is 7. The van der Waals surface area contributed by atoms with Gasteiger partial charge in [0, 0.05) is 24.2 Å². The molecule has 300 valence electrons. The van der Waals surface area contributed by atoms with Crippen LogP contribution in [0.15, 0.2) is 103 Å². The van der Waals surface area contributed by atoms with Gasteiger partial charge in [0.1, 0.15) is 40.3 Å². The topological polar surface area (TPSA) is 72.5 Å². The van der Waals surface area contributed by atoms with Crippen LogP contribution in [-0.2, 0) is 4.79 Å². The largest absolute Gasteiger partial charge is 0.497 e. The molecule has 0 N–H and O–H groups in total. The molecule has 5 aromatic carbocycles. The second kappa shape index (κ2) is 18.5. The molecule has 8 heteroatoms. The van der Waals surface area contributed by atoms with Gasteiger partial charge in [-0.3, -0.25) is 4.79 Å². The molecule has 1 aliphatic rings. The Morgan fingerprint density at radius 2 is 0.825 bits per heavy atom. The molecule has 0 saturated carbocycles. The summed E-state index contributed by atoms with van der Waals surface area (Å²) in [6.07, 6.45) is 0.384. The molecule has 0 radical (unpaired) electrons. The van der Waals surface area contributed by atoms with E-state index in [9.17, 15) is 4.79 Å². The lowest BCUT2D eigenvalue weighted by Gasteiger charge is -2.41. The lowest BCUT2D eigenvalue weighted by Crippen LogP contribution is -2.26. The SMILES string of the molecule is COc1cccc(C2CC(=O)CC(c3cccc(OC)c3)P2c2c(-c3c(OC(C)C)cccc3OC(C)C)cccc2-c2c(OC(C)C)cccc2OC(C)C)c1. The monoisotopic (exact) mass is 788 g/mol. The number of ketones is 1. The van der Waals surface area contributed by atoms with Crippen LogP contribution in [0, 0.1) is 0 Å². The normalized spacial score (nSPS) is 16.9. The fraction of sp³-hybridized carbons (Fsp3) is 0.367. The zero-order valence-corrected chi connectivity index (χ0v) is 35.9. The van der Waals surface area contributed by atoms with E-state index in [1.807, 2.05) is 116 Å². The minimum absolute atomic E-state index is 0.0945. The third kappa shape index (κ3) is 9.59. The van der Waals surface area contributed by atoms with Gasteiger partial charge in [-0.25, -0.2) is 0 Å². The first-order chi connectivity index (χ1) is 27.4. The summed E-state index contributed by atoms with van der Waals surface area (Å²) >= 11 is 0. The molecule has 6 rings (SSSR count). The van der Waals surface area contributed by atoms with Gasteiger partial charge in [0.05, 0.1) is 49.8 Å². The van der Waals surface area contributed by atoms with Gasteiger partial charge in [-0.2, -0.15) is 0 Å². The second-order valence-corrected chi connectivity index (χ2v) is 18.1. The first kappa shape index (κ1) is 41.6. The smallest absolute Gasteiger partial charge is 0.134 e. The molecule has 1 aliphatic heterocycles. The number of methoxy groups -OCH3 is 2. The molecule has 2 atom stereocenters. The van der Waals surface area contributed by atoms with Gasteiger partial charge < -0.3 is 28.4 Å². The molecule has 0 bridgehead atoms. The van der Waals surface area contributed by atoms with E-state index in [0.717, 1.165) is 73.2 Å². The third-order valence-corrected chi connectivity index (χ3v) is 13.0. The second-order valence-electron chi connectivity index (χ2n) is 15.6. The van der Waals surface area contributed by atoms with Crippen molar-refractivity contribution in [2.24, 2.45) is 0 Å². The minimum Gasteiger partial charge on any atom is -0.497 e. The van der Waals surface area contributed by atoms with Crippen LogP contribution >= 0.6 is 7.92 Å². The highest BCUT2D eigenvalue weighted by Gasteiger charge is 2.43. The molecule has 1 saturated heterocycles. The molecule has 1 fully saturated rings. The van der Waals surface area contributed by atoms with Crippen molar-refractivity contribution in [2.75, 3.05) is 14.2 Å². The predicted molar refractivity (Wildman–Crippen MR) is 233 cm³/mol. The quantitative estimate of drug-likeness (QED) is 0.0978. The van der Waals surface area contributed by atoms with Crippen LogP contribution in [0.4, 0.5) is 0 Å². The number of benzene rings is 5. The van der Waals surface area contributed by atoms with Gasteiger partial charge in [0.15, 0.2) is 0 Å². The van der Waals surface area contributed by atoms with E-state index in [1.165, 1.54) is 0 Å². The zero-order chi connectivity index (χ0) is 40.8. The predicted octanol–water partition coefficient (Wildman–Crippen LogP) is 12.1. The summed E-state index contributed by atoms with van der Waals surface area (Å²) in [5, 5.41) is 1.11. The zero-order valence-electron chi connectivity index (χ0n) is 35.0. The van der Waals surface area contributed by atoms with E-state index in [1.54, 1.807) is 14.2 Å². The summed E-state index contributed by atoms with van der Waals surface area (Å²) in [7, 11) is 2.09. The van der Waals surface area contributed by atoms with Gasteiger partial charge in [0.2, 0.25) is 0 Å². The molecule has 0 spiro atoms. The molecule has 57 heavy (non-hydrogen) atoms. The van der Waals surface area contributed by atoms with Crippen molar-refractivity contribution in [1.82, 2.24) is 0 Å². The molecular formula is C49H57O7P. The van der Waals surface area contributed by atoms with Crippen LogP contribution in [0.3, 0.4) is 0 Å². The third-order valence-electron chi connectivity index (χ3n) is 9.73. The number of Topliss-reactive ketones (excluding diaryl/α,β-unsaturated/α-hetero) is 1. The first-order valence-electron chi connectivity index (χ1n) is 20.0. The van der Waals surface area contributed by atoms with E-state index in [2.05, 4.69) is 42.5 Å². The number of carbonyl (C=O) groups is 1. The molecule has 0 aromatic heterocycles. The average Bonchev–Trinajstić information content (AvgIpc) is 3.17. The molecular weight excluding hydrogens is 732 g/mol. The summed E-state index contributed by atoms with van der Waals surface area (Å²) in [6, 6.07) is 35.0. The van der Waals surface area contributed by atoms with Crippen LogP contribution < -0.4 is 33.7 Å². The Balaban J connectivity index is 1.81. The van der Waals surface area contributed by atoms with E-state index < -0.39 is 7.92 Å². The summed E-state index contributed by atoms with van der Waals surface area (Å²) in [5.41, 5.74) is 5.47. The fourth-order valence-electron chi connectivity index (χ4n) is 7.68. The summed E-state index contributed by atoms with van der Waals surface area (Å²) < 4.78 is 38.2. The van der Waals surface area contributed by atoms with E-state index in [0.29, 0.717) is 12.8 Å². The summed E-state index contributed by atoms with van der Waals surface area (Å²) in [6.45, 7) is 16.3. The van der Waals surface area contributed by atoms with Gasteiger partial charge in [-0.05, 0) is 131 Å². The van der Waals surface area contributed by atoms with Gasteiger partial charge >= 0.3 is 0 Å². The van der Waals surface area contributed by atoms with Crippen LogP contribution in [0.2, 0.25) is 0 Å². The standard InChI is InChI=1S/C49H57O7P/c1-30(2)53-41-22-14-23-42(54-31(3)4)47(41)39-20-13-21-40(48-43(55-32(5)6)24-15-25-44(48)56-33(7)8)49(39)57-45(34-16-11-18-37(26-34)51-9)28-36(50)29-46(57)35-17-12-19-38(27-35)52-10/h11-27,30-33,45-46H,28-29H2,1-10H3. The van der Waals surface area contributed by atoms with Crippen molar-refractivity contribution in [3.05, 3.63) is 114 Å². The van der Waals surface area contributed by atoms with Crippen molar-refractivity contribution in [2.45, 2.75) is 104 Å². The number of hydrogen-bond donors (Lipinski definition) is 0. The van der Waals surface area contributed by atoms with E-state index in [-0.39, 0.29) is 41.5 Å². The Kier molecular flexibility index (Phi) is 13.5. The van der Waals surface area contributed by atoms with Crippen LogP contribution in [-0.4, -0.2) is 44.4 Å². The van der Waals surface area contributed by atoms with Crippen LogP contribution in [0.25, 0.3) is 22.3 Å². The maximum atomic E-state index is 14.2. The Hall–Kier alpha value is -5.00. The maximum absolute atomic E-state index is 14.2.